The Bertz CT molecular complexity index is 885. The number of carbonyl (C=O) groups is 1. The van der Waals surface area contributed by atoms with E-state index in [1.165, 1.54) is 27.4 Å². The summed E-state index contributed by atoms with van der Waals surface area (Å²) in [7, 11) is 6.24. The second kappa shape index (κ2) is 11.9. The number of nitrogens with zero attached hydrogens (tertiary/aromatic N) is 1. The summed E-state index contributed by atoms with van der Waals surface area (Å²) in [6.07, 6.45) is 0. The number of rotatable bonds is 12. The van der Waals surface area contributed by atoms with Crippen LogP contribution in [0.1, 0.15) is 12.5 Å². The Morgan fingerprint density at radius 2 is 1.66 bits per heavy atom. The largest absolute Gasteiger partial charge is 0.493 e. The van der Waals surface area contributed by atoms with Crippen molar-refractivity contribution in [3.63, 3.8) is 0 Å². The third kappa shape index (κ3) is 6.88. The van der Waals surface area contributed by atoms with Gasteiger partial charge in [-0.25, -0.2) is 0 Å². The highest BCUT2D eigenvalue weighted by Crippen LogP contribution is 2.40. The summed E-state index contributed by atoms with van der Waals surface area (Å²) in [6.45, 7) is -0.427. The Kier molecular flexibility index (Phi) is 9.33. The van der Waals surface area contributed by atoms with E-state index in [0.29, 0.717) is 36.1 Å². The summed E-state index contributed by atoms with van der Waals surface area (Å²) in [4.78, 5) is 14.3. The number of anilines is 1. The summed E-state index contributed by atoms with van der Waals surface area (Å²) >= 11 is 0. The van der Waals surface area contributed by atoms with E-state index in [1.54, 1.807) is 43.1 Å². The first-order chi connectivity index (χ1) is 15.3. The second-order valence-corrected chi connectivity index (χ2v) is 6.73. The molecule has 176 valence electrons. The summed E-state index contributed by atoms with van der Waals surface area (Å²) in [5.41, 5.74) is 1.27. The Hall–Kier alpha value is -3.27. The SMILES string of the molecule is CCOc1cc(CN(C)CC(=O)Nc2cc(OC)c(OC)c(OC)c2)ccc1OC(F)F. The lowest BCUT2D eigenvalue weighted by atomic mass is 10.2. The number of amides is 1. The first kappa shape index (κ1) is 25.0. The zero-order valence-corrected chi connectivity index (χ0v) is 18.7. The molecule has 0 fully saturated rings. The number of ether oxygens (including phenoxy) is 5. The number of hydrogen-bond acceptors (Lipinski definition) is 7. The smallest absolute Gasteiger partial charge is 0.387 e. The molecule has 0 bridgehead atoms. The van der Waals surface area contributed by atoms with Gasteiger partial charge in [0.15, 0.2) is 23.0 Å². The molecule has 0 aromatic heterocycles. The molecule has 8 nitrogen and oxygen atoms in total. The van der Waals surface area contributed by atoms with Gasteiger partial charge in [0.2, 0.25) is 11.7 Å². The molecular weight excluding hydrogens is 426 g/mol. The molecule has 1 amide bonds. The molecule has 0 aliphatic heterocycles. The molecule has 0 saturated carbocycles. The van der Waals surface area contributed by atoms with Crippen molar-refractivity contribution >= 4 is 11.6 Å². The number of benzene rings is 2. The number of nitrogens with one attached hydrogen (secondary N) is 1. The molecule has 0 atom stereocenters. The van der Waals surface area contributed by atoms with Crippen LogP contribution in [0, 0.1) is 0 Å². The van der Waals surface area contributed by atoms with Crippen molar-refractivity contribution in [2.75, 3.05) is 46.8 Å². The molecule has 10 heteroatoms. The maximum Gasteiger partial charge on any atom is 0.387 e. The van der Waals surface area contributed by atoms with Crippen molar-refractivity contribution < 1.29 is 37.3 Å². The van der Waals surface area contributed by atoms with Crippen molar-refractivity contribution in [3.8, 4) is 28.7 Å². The highest BCUT2D eigenvalue weighted by atomic mass is 19.3. The van der Waals surface area contributed by atoms with Crippen LogP contribution in [-0.2, 0) is 11.3 Å². The topological polar surface area (TPSA) is 78.5 Å². The van der Waals surface area contributed by atoms with E-state index in [1.807, 2.05) is 0 Å². The van der Waals surface area contributed by atoms with Crippen LogP contribution in [0.4, 0.5) is 14.5 Å². The molecular formula is C22H28F2N2O6. The Morgan fingerprint density at radius 1 is 1.00 bits per heavy atom. The zero-order valence-electron chi connectivity index (χ0n) is 18.7. The van der Waals surface area contributed by atoms with Crippen molar-refractivity contribution in [2.45, 2.75) is 20.1 Å². The number of hydrogen-bond donors (Lipinski definition) is 1. The van der Waals surface area contributed by atoms with Gasteiger partial charge in [-0.3, -0.25) is 9.69 Å². The lowest BCUT2D eigenvalue weighted by Crippen LogP contribution is -2.29. The summed E-state index contributed by atoms with van der Waals surface area (Å²) in [5, 5.41) is 2.80. The lowest BCUT2D eigenvalue weighted by Gasteiger charge is -2.19. The number of halogens is 2. The standard InChI is InChI=1S/C22H28F2N2O6/c1-6-31-17-9-14(7-8-16(17)32-22(23)24)12-26(2)13-20(27)25-15-10-18(28-3)21(30-5)19(11-15)29-4/h7-11,22H,6,12-13H2,1-5H3,(H,25,27). The molecule has 0 aliphatic carbocycles. The molecule has 2 aromatic rings. The summed E-state index contributed by atoms with van der Waals surface area (Å²) in [6, 6.07) is 7.96. The van der Waals surface area contributed by atoms with Crippen LogP contribution in [-0.4, -0.2) is 58.9 Å². The molecule has 2 rings (SSSR count). The first-order valence-corrected chi connectivity index (χ1v) is 9.80. The van der Waals surface area contributed by atoms with Gasteiger partial charge in [0, 0.05) is 24.4 Å². The van der Waals surface area contributed by atoms with Crippen LogP contribution in [0.3, 0.4) is 0 Å². The van der Waals surface area contributed by atoms with Crippen LogP contribution in [0.15, 0.2) is 30.3 Å². The monoisotopic (exact) mass is 454 g/mol. The quantitative estimate of drug-likeness (QED) is 0.523. The van der Waals surface area contributed by atoms with E-state index in [9.17, 15) is 13.6 Å². The third-order valence-corrected chi connectivity index (χ3v) is 4.34. The van der Waals surface area contributed by atoms with Crippen molar-refractivity contribution in [1.82, 2.24) is 4.90 Å². The van der Waals surface area contributed by atoms with Crippen LogP contribution < -0.4 is 29.0 Å². The maximum atomic E-state index is 12.6. The Morgan fingerprint density at radius 3 is 2.19 bits per heavy atom. The van der Waals surface area contributed by atoms with Gasteiger partial charge in [-0.05, 0) is 31.7 Å². The van der Waals surface area contributed by atoms with Crippen LogP contribution in [0.25, 0.3) is 0 Å². The van der Waals surface area contributed by atoms with Crippen molar-refractivity contribution in [1.29, 1.82) is 0 Å². The van der Waals surface area contributed by atoms with E-state index in [2.05, 4.69) is 10.1 Å². The van der Waals surface area contributed by atoms with Gasteiger partial charge < -0.3 is 29.0 Å². The molecule has 0 spiro atoms. The average molecular weight is 454 g/mol. The number of alkyl halides is 2. The minimum Gasteiger partial charge on any atom is -0.493 e. The van der Waals surface area contributed by atoms with Gasteiger partial charge in [-0.2, -0.15) is 8.78 Å². The normalized spacial score (nSPS) is 10.8. The van der Waals surface area contributed by atoms with Crippen molar-refractivity contribution in [3.05, 3.63) is 35.9 Å². The predicted molar refractivity (Wildman–Crippen MR) is 115 cm³/mol. The van der Waals surface area contributed by atoms with Crippen LogP contribution in [0.2, 0.25) is 0 Å². The highest BCUT2D eigenvalue weighted by Gasteiger charge is 2.16. The van der Waals surface area contributed by atoms with Gasteiger partial charge in [0.1, 0.15) is 0 Å². The van der Waals surface area contributed by atoms with E-state index >= 15 is 0 Å². The molecule has 0 aliphatic rings. The first-order valence-electron chi connectivity index (χ1n) is 9.80. The van der Waals surface area contributed by atoms with Crippen LogP contribution >= 0.6 is 0 Å². The molecule has 0 saturated heterocycles. The maximum absolute atomic E-state index is 12.6. The molecule has 0 unspecified atom stereocenters. The van der Waals surface area contributed by atoms with Crippen molar-refractivity contribution in [2.24, 2.45) is 0 Å². The zero-order chi connectivity index (χ0) is 23.7. The third-order valence-electron chi connectivity index (χ3n) is 4.34. The molecule has 0 heterocycles. The Balaban J connectivity index is 2.05. The van der Waals surface area contributed by atoms with E-state index in [4.69, 9.17) is 18.9 Å². The lowest BCUT2D eigenvalue weighted by molar-refractivity contribution is -0.117. The van der Waals surface area contributed by atoms with Gasteiger partial charge in [-0.15, -0.1) is 0 Å². The minimum atomic E-state index is -2.94. The average Bonchev–Trinajstić information content (AvgIpc) is 2.74. The highest BCUT2D eigenvalue weighted by molar-refractivity contribution is 5.93. The van der Waals surface area contributed by atoms with E-state index in [-0.39, 0.29) is 24.0 Å². The number of carbonyl (C=O) groups excluding carboxylic acids is 1. The Labute approximate surface area is 186 Å². The number of likely N-dealkylation sites (N-methyl/N-ethyl adjacent to an activating group) is 1. The summed E-state index contributed by atoms with van der Waals surface area (Å²) < 4.78 is 50.8. The fourth-order valence-corrected chi connectivity index (χ4v) is 3.08. The molecule has 32 heavy (non-hydrogen) atoms. The molecule has 1 N–H and O–H groups in total. The van der Waals surface area contributed by atoms with Gasteiger partial charge in [0.05, 0.1) is 34.5 Å². The fourth-order valence-electron chi connectivity index (χ4n) is 3.08. The number of methoxy groups -OCH3 is 3. The van der Waals surface area contributed by atoms with Gasteiger partial charge in [-0.1, -0.05) is 6.07 Å². The van der Waals surface area contributed by atoms with Gasteiger partial charge in [0.25, 0.3) is 0 Å². The van der Waals surface area contributed by atoms with Gasteiger partial charge >= 0.3 is 6.61 Å². The van der Waals surface area contributed by atoms with E-state index < -0.39 is 6.61 Å². The second-order valence-electron chi connectivity index (χ2n) is 6.73. The molecule has 2 aromatic carbocycles. The van der Waals surface area contributed by atoms with Crippen LogP contribution in [0.5, 0.6) is 28.7 Å². The molecule has 0 radical (unpaired) electrons. The van der Waals surface area contributed by atoms with E-state index in [0.717, 1.165) is 5.56 Å². The minimum absolute atomic E-state index is 0.0339. The fraction of sp³-hybridized carbons (Fsp3) is 0.409. The summed E-state index contributed by atoms with van der Waals surface area (Å²) in [5.74, 6) is 1.20. The predicted octanol–water partition coefficient (Wildman–Crippen LogP) is 3.78.